The molecular formula is C24H23BrN2O2S. The van der Waals surface area contributed by atoms with Gasteiger partial charge < -0.3 is 14.8 Å². The van der Waals surface area contributed by atoms with Gasteiger partial charge in [-0.1, -0.05) is 6.07 Å². The Labute approximate surface area is 189 Å². The molecule has 30 heavy (non-hydrogen) atoms. The summed E-state index contributed by atoms with van der Waals surface area (Å²) in [5, 5.41) is 8.93. The van der Waals surface area contributed by atoms with Crippen LogP contribution in [0, 0.1) is 0 Å². The second kappa shape index (κ2) is 9.60. The number of fused-ring (bicyclic) bond motifs is 1. The zero-order chi connectivity index (χ0) is 20.9. The second-order valence-electron chi connectivity index (χ2n) is 6.96. The van der Waals surface area contributed by atoms with Crippen LogP contribution in [-0.2, 0) is 13.0 Å². The number of pyridine rings is 1. The predicted molar refractivity (Wildman–Crippen MR) is 128 cm³/mol. The van der Waals surface area contributed by atoms with Crippen LogP contribution < -0.4 is 14.8 Å². The highest BCUT2D eigenvalue weighted by Crippen LogP contribution is 2.29. The Hall–Kier alpha value is -2.41. The number of hydrogen-bond acceptors (Lipinski definition) is 5. The van der Waals surface area contributed by atoms with E-state index in [2.05, 4.69) is 62.3 Å². The molecular weight excluding hydrogens is 460 g/mol. The van der Waals surface area contributed by atoms with E-state index < -0.39 is 0 Å². The zero-order valence-electron chi connectivity index (χ0n) is 16.9. The minimum absolute atomic E-state index is 0.761. The van der Waals surface area contributed by atoms with Crippen LogP contribution in [0.3, 0.4) is 0 Å². The monoisotopic (exact) mass is 482 g/mol. The minimum atomic E-state index is 0.761. The number of aromatic nitrogens is 1. The lowest BCUT2D eigenvalue weighted by Gasteiger charge is -2.12. The summed E-state index contributed by atoms with van der Waals surface area (Å²) >= 11 is 5.24. The number of benzene rings is 2. The largest absolute Gasteiger partial charge is 0.497 e. The van der Waals surface area contributed by atoms with Crippen LogP contribution in [0.1, 0.15) is 11.1 Å². The van der Waals surface area contributed by atoms with Gasteiger partial charge in [0.15, 0.2) is 0 Å². The summed E-state index contributed by atoms with van der Waals surface area (Å²) < 4.78 is 11.7. The number of nitrogens with zero attached hydrogens (tertiary/aromatic N) is 1. The first kappa shape index (κ1) is 20.8. The highest BCUT2D eigenvalue weighted by atomic mass is 79.9. The smallest absolute Gasteiger partial charge is 0.133 e. The first-order valence-corrected chi connectivity index (χ1v) is 11.4. The fraction of sp³-hybridized carbons (Fsp3) is 0.208. The van der Waals surface area contributed by atoms with Gasteiger partial charge in [0.05, 0.1) is 29.9 Å². The van der Waals surface area contributed by atoms with Gasteiger partial charge in [-0.15, -0.1) is 0 Å². The molecule has 2 aromatic heterocycles. The number of halogens is 1. The molecule has 0 aliphatic carbocycles. The first-order valence-electron chi connectivity index (χ1n) is 9.71. The SMILES string of the molecule is COc1ccc2cc(CNCCc3ccc(OC)c(Br)c3)c(-c3ccsc3)nc2c1. The van der Waals surface area contributed by atoms with Crippen molar-refractivity contribution in [2.75, 3.05) is 20.8 Å². The van der Waals surface area contributed by atoms with E-state index in [-0.39, 0.29) is 0 Å². The van der Waals surface area contributed by atoms with Crippen LogP contribution in [0.5, 0.6) is 11.5 Å². The Morgan fingerprint density at radius 2 is 1.93 bits per heavy atom. The zero-order valence-corrected chi connectivity index (χ0v) is 19.3. The third-order valence-corrected chi connectivity index (χ3v) is 6.32. The van der Waals surface area contributed by atoms with E-state index in [1.54, 1.807) is 25.6 Å². The van der Waals surface area contributed by atoms with E-state index in [0.717, 1.165) is 57.6 Å². The van der Waals surface area contributed by atoms with Gasteiger partial charge in [-0.3, -0.25) is 0 Å². The molecule has 0 fully saturated rings. The van der Waals surface area contributed by atoms with E-state index in [4.69, 9.17) is 14.5 Å². The van der Waals surface area contributed by atoms with Gasteiger partial charge >= 0.3 is 0 Å². The fourth-order valence-corrected chi connectivity index (χ4v) is 4.65. The van der Waals surface area contributed by atoms with Crippen LogP contribution in [0.15, 0.2) is 63.8 Å². The molecule has 0 aliphatic heterocycles. The molecule has 0 saturated carbocycles. The topological polar surface area (TPSA) is 43.4 Å². The van der Waals surface area contributed by atoms with Crippen molar-refractivity contribution < 1.29 is 9.47 Å². The Balaban J connectivity index is 1.51. The number of hydrogen-bond donors (Lipinski definition) is 1. The summed E-state index contributed by atoms with van der Waals surface area (Å²) in [6.45, 7) is 1.64. The first-order chi connectivity index (χ1) is 14.7. The number of nitrogens with one attached hydrogen (secondary N) is 1. The average Bonchev–Trinajstić information content (AvgIpc) is 3.30. The molecule has 6 heteroatoms. The van der Waals surface area contributed by atoms with E-state index in [1.807, 2.05) is 18.2 Å². The maximum Gasteiger partial charge on any atom is 0.133 e. The average molecular weight is 483 g/mol. The molecule has 0 amide bonds. The number of thiophene rings is 1. The van der Waals surface area contributed by atoms with E-state index in [0.29, 0.717) is 0 Å². The van der Waals surface area contributed by atoms with Crippen molar-refractivity contribution in [3.8, 4) is 22.8 Å². The van der Waals surface area contributed by atoms with E-state index in [1.165, 1.54) is 11.1 Å². The maximum absolute atomic E-state index is 5.37. The standard InChI is InChI=1S/C24H23BrN2O2S/c1-28-20-5-4-17-12-19(24(27-22(17)13-20)18-8-10-30-15-18)14-26-9-7-16-3-6-23(29-2)21(25)11-16/h3-6,8,10-13,15,26H,7,9,14H2,1-2H3. The third-order valence-electron chi connectivity index (χ3n) is 5.02. The van der Waals surface area contributed by atoms with E-state index in [9.17, 15) is 0 Å². The highest BCUT2D eigenvalue weighted by molar-refractivity contribution is 9.10. The molecule has 4 nitrogen and oxygen atoms in total. The summed E-state index contributed by atoms with van der Waals surface area (Å²) in [6.07, 6.45) is 0.939. The molecule has 0 bridgehead atoms. The van der Waals surface area contributed by atoms with Crippen LogP contribution in [0.25, 0.3) is 22.2 Å². The molecule has 154 valence electrons. The Kier molecular flexibility index (Phi) is 6.67. The molecule has 4 rings (SSSR count). The summed E-state index contributed by atoms with van der Waals surface area (Å²) in [4.78, 5) is 4.96. The lowest BCUT2D eigenvalue weighted by Crippen LogP contribution is -2.17. The lowest BCUT2D eigenvalue weighted by molar-refractivity contribution is 0.412. The van der Waals surface area contributed by atoms with Gasteiger partial charge in [0.2, 0.25) is 0 Å². The van der Waals surface area contributed by atoms with Crippen molar-refractivity contribution in [1.82, 2.24) is 10.3 Å². The highest BCUT2D eigenvalue weighted by Gasteiger charge is 2.11. The van der Waals surface area contributed by atoms with Crippen LogP contribution in [0.2, 0.25) is 0 Å². The molecule has 0 radical (unpaired) electrons. The second-order valence-corrected chi connectivity index (χ2v) is 8.60. The van der Waals surface area contributed by atoms with Crippen molar-refractivity contribution in [2.45, 2.75) is 13.0 Å². The van der Waals surface area contributed by atoms with Gasteiger partial charge in [0.25, 0.3) is 0 Å². The van der Waals surface area contributed by atoms with Gasteiger partial charge in [0, 0.05) is 28.9 Å². The van der Waals surface area contributed by atoms with Crippen molar-refractivity contribution >= 4 is 38.2 Å². The molecule has 0 spiro atoms. The van der Waals surface area contributed by atoms with E-state index >= 15 is 0 Å². The molecule has 0 aliphatic rings. The number of rotatable bonds is 8. The molecule has 0 atom stereocenters. The Morgan fingerprint density at radius 3 is 2.67 bits per heavy atom. The Morgan fingerprint density at radius 1 is 1.03 bits per heavy atom. The van der Waals surface area contributed by atoms with Crippen molar-refractivity contribution in [2.24, 2.45) is 0 Å². The normalized spacial score (nSPS) is 11.0. The van der Waals surface area contributed by atoms with Crippen LogP contribution in [-0.4, -0.2) is 25.7 Å². The van der Waals surface area contributed by atoms with Crippen molar-refractivity contribution in [3.05, 3.63) is 74.9 Å². The Bertz CT molecular complexity index is 1150. The minimum Gasteiger partial charge on any atom is -0.497 e. The summed E-state index contributed by atoms with van der Waals surface area (Å²) in [5.41, 5.74) is 5.58. The maximum atomic E-state index is 5.37. The van der Waals surface area contributed by atoms with Gasteiger partial charge in [-0.2, -0.15) is 11.3 Å². The molecule has 2 aromatic carbocycles. The summed E-state index contributed by atoms with van der Waals surface area (Å²) in [6, 6.07) is 16.6. The molecule has 1 N–H and O–H groups in total. The molecule has 0 unspecified atom stereocenters. The van der Waals surface area contributed by atoms with Crippen molar-refractivity contribution in [3.63, 3.8) is 0 Å². The summed E-state index contributed by atoms with van der Waals surface area (Å²) in [7, 11) is 3.36. The quantitative estimate of drug-likeness (QED) is 0.309. The van der Waals surface area contributed by atoms with Crippen LogP contribution in [0.4, 0.5) is 0 Å². The van der Waals surface area contributed by atoms with Crippen molar-refractivity contribution in [1.29, 1.82) is 0 Å². The number of methoxy groups -OCH3 is 2. The van der Waals surface area contributed by atoms with Gasteiger partial charge in [-0.25, -0.2) is 4.98 Å². The predicted octanol–water partition coefficient (Wildman–Crippen LogP) is 6.08. The summed E-state index contributed by atoms with van der Waals surface area (Å²) in [5.74, 6) is 1.67. The molecule has 2 heterocycles. The van der Waals surface area contributed by atoms with Crippen LogP contribution >= 0.6 is 27.3 Å². The lowest BCUT2D eigenvalue weighted by atomic mass is 10.0. The molecule has 4 aromatic rings. The van der Waals surface area contributed by atoms with Gasteiger partial charge in [0.1, 0.15) is 11.5 Å². The fourth-order valence-electron chi connectivity index (χ4n) is 3.42. The third kappa shape index (κ3) is 4.67. The van der Waals surface area contributed by atoms with Gasteiger partial charge in [-0.05, 0) is 81.8 Å². The molecule has 0 saturated heterocycles. The number of ether oxygens (including phenoxy) is 2.